The van der Waals surface area contributed by atoms with E-state index in [1.165, 1.54) is 12.8 Å². The Morgan fingerprint density at radius 3 is 2.94 bits per heavy atom. The van der Waals surface area contributed by atoms with Crippen LogP contribution < -0.4 is 0 Å². The topological polar surface area (TPSA) is 47.3 Å². The third-order valence-corrected chi connectivity index (χ3v) is 3.12. The minimum absolute atomic E-state index is 0.0701. The fraction of sp³-hybridized carbons (Fsp3) is 0.750. The van der Waals surface area contributed by atoms with E-state index in [0.29, 0.717) is 5.92 Å². The zero-order valence-corrected chi connectivity index (χ0v) is 9.97. The molecule has 0 aromatic carbocycles. The number of rotatable bonds is 6. The van der Waals surface area contributed by atoms with Crippen LogP contribution in [0, 0.1) is 5.92 Å². The van der Waals surface area contributed by atoms with Gasteiger partial charge < -0.3 is 9.84 Å². The predicted molar refractivity (Wildman–Crippen MR) is 61.0 cm³/mol. The summed E-state index contributed by atoms with van der Waals surface area (Å²) in [6.45, 7) is 3.01. The average molecular weight is 224 g/mol. The van der Waals surface area contributed by atoms with Crippen molar-refractivity contribution in [3.05, 3.63) is 18.0 Å². The van der Waals surface area contributed by atoms with Gasteiger partial charge in [-0.1, -0.05) is 6.92 Å². The molecule has 1 aromatic rings. The molecule has 2 rings (SSSR count). The molecule has 1 fully saturated rings. The standard InChI is InChI=1S/C12H20N2O2/c1-3-6-14-8-10(7-13-14)11(15)12(16-2)9-4-5-9/h7-9,11-12,15H,3-6H2,1-2H3. The van der Waals surface area contributed by atoms with Gasteiger partial charge in [-0.15, -0.1) is 0 Å². The molecule has 0 saturated heterocycles. The summed E-state index contributed by atoms with van der Waals surface area (Å²) in [6.07, 6.45) is 6.43. The molecule has 16 heavy (non-hydrogen) atoms. The summed E-state index contributed by atoms with van der Waals surface area (Å²) >= 11 is 0. The Morgan fingerprint density at radius 1 is 1.62 bits per heavy atom. The van der Waals surface area contributed by atoms with Gasteiger partial charge in [-0.3, -0.25) is 4.68 Å². The van der Waals surface area contributed by atoms with Crippen molar-refractivity contribution in [3.8, 4) is 0 Å². The van der Waals surface area contributed by atoms with Crippen molar-refractivity contribution in [3.63, 3.8) is 0 Å². The van der Waals surface area contributed by atoms with Gasteiger partial charge in [0.05, 0.1) is 12.3 Å². The molecule has 0 bridgehead atoms. The van der Waals surface area contributed by atoms with E-state index < -0.39 is 6.10 Å². The lowest BCUT2D eigenvalue weighted by Crippen LogP contribution is -2.22. The fourth-order valence-corrected chi connectivity index (χ4v) is 2.08. The Morgan fingerprint density at radius 2 is 2.38 bits per heavy atom. The van der Waals surface area contributed by atoms with E-state index in [2.05, 4.69) is 12.0 Å². The highest BCUT2D eigenvalue weighted by molar-refractivity contribution is 5.11. The molecule has 0 aliphatic heterocycles. The summed E-state index contributed by atoms with van der Waals surface area (Å²) in [7, 11) is 1.67. The van der Waals surface area contributed by atoms with Crippen LogP contribution in [0.4, 0.5) is 0 Å². The number of hydrogen-bond acceptors (Lipinski definition) is 3. The van der Waals surface area contributed by atoms with Gasteiger partial charge in [0.2, 0.25) is 0 Å². The quantitative estimate of drug-likeness (QED) is 0.800. The van der Waals surface area contributed by atoms with Crippen LogP contribution >= 0.6 is 0 Å². The molecule has 1 saturated carbocycles. The van der Waals surface area contributed by atoms with E-state index in [9.17, 15) is 5.11 Å². The van der Waals surface area contributed by atoms with Crippen LogP contribution in [-0.2, 0) is 11.3 Å². The highest BCUT2D eigenvalue weighted by atomic mass is 16.5. The maximum absolute atomic E-state index is 10.2. The largest absolute Gasteiger partial charge is 0.386 e. The number of aliphatic hydroxyl groups excluding tert-OH is 1. The first-order valence-electron chi connectivity index (χ1n) is 5.99. The molecule has 90 valence electrons. The van der Waals surface area contributed by atoms with Crippen molar-refractivity contribution < 1.29 is 9.84 Å². The Kier molecular flexibility index (Phi) is 3.61. The van der Waals surface area contributed by atoms with Crippen LogP contribution in [0.3, 0.4) is 0 Å². The highest BCUT2D eigenvalue weighted by Crippen LogP contribution is 2.39. The number of hydrogen-bond donors (Lipinski definition) is 1. The molecule has 1 N–H and O–H groups in total. The van der Waals surface area contributed by atoms with Gasteiger partial charge >= 0.3 is 0 Å². The van der Waals surface area contributed by atoms with Gasteiger partial charge in [-0.2, -0.15) is 5.10 Å². The third kappa shape index (κ3) is 2.44. The molecule has 4 nitrogen and oxygen atoms in total. The van der Waals surface area contributed by atoms with Crippen LogP contribution in [0.25, 0.3) is 0 Å². The summed E-state index contributed by atoms with van der Waals surface area (Å²) in [5.74, 6) is 0.523. The van der Waals surface area contributed by atoms with Crippen molar-refractivity contribution in [1.29, 1.82) is 0 Å². The molecule has 1 aliphatic carbocycles. The Bertz CT molecular complexity index is 334. The number of ether oxygens (including phenoxy) is 1. The summed E-state index contributed by atoms with van der Waals surface area (Å²) in [6, 6.07) is 0. The first-order valence-corrected chi connectivity index (χ1v) is 5.99. The molecule has 0 spiro atoms. The van der Waals surface area contributed by atoms with E-state index in [-0.39, 0.29) is 6.10 Å². The zero-order chi connectivity index (χ0) is 11.5. The minimum atomic E-state index is -0.539. The Balaban J connectivity index is 2.03. The minimum Gasteiger partial charge on any atom is -0.386 e. The summed E-state index contributed by atoms with van der Waals surface area (Å²) < 4.78 is 7.25. The molecular formula is C12H20N2O2. The van der Waals surface area contributed by atoms with Crippen molar-refractivity contribution in [1.82, 2.24) is 9.78 Å². The highest BCUT2D eigenvalue weighted by Gasteiger charge is 2.37. The van der Waals surface area contributed by atoms with E-state index in [1.807, 2.05) is 10.9 Å². The number of aryl methyl sites for hydroxylation is 1. The number of methoxy groups -OCH3 is 1. The summed E-state index contributed by atoms with van der Waals surface area (Å²) in [4.78, 5) is 0. The molecule has 1 aromatic heterocycles. The first kappa shape index (κ1) is 11.6. The van der Waals surface area contributed by atoms with Gasteiger partial charge in [0.1, 0.15) is 6.10 Å². The Hall–Kier alpha value is -0.870. The maximum atomic E-state index is 10.2. The monoisotopic (exact) mass is 224 g/mol. The van der Waals surface area contributed by atoms with Crippen LogP contribution in [0.2, 0.25) is 0 Å². The van der Waals surface area contributed by atoms with Crippen molar-refractivity contribution in [2.75, 3.05) is 7.11 Å². The summed E-state index contributed by atoms with van der Waals surface area (Å²) in [5, 5.41) is 14.4. The Labute approximate surface area is 96.2 Å². The zero-order valence-electron chi connectivity index (χ0n) is 9.97. The maximum Gasteiger partial charge on any atom is 0.108 e. The van der Waals surface area contributed by atoms with Crippen molar-refractivity contribution in [2.24, 2.45) is 5.92 Å². The normalized spacial score (nSPS) is 19.7. The molecule has 2 unspecified atom stereocenters. The number of nitrogens with zero attached hydrogens (tertiary/aromatic N) is 2. The molecule has 1 aliphatic rings. The molecule has 0 radical (unpaired) electrons. The van der Waals surface area contributed by atoms with Gasteiger partial charge in [-0.25, -0.2) is 0 Å². The fourth-order valence-electron chi connectivity index (χ4n) is 2.08. The molecule has 0 amide bonds. The lowest BCUT2D eigenvalue weighted by molar-refractivity contribution is -0.0259. The van der Waals surface area contributed by atoms with Crippen LogP contribution in [0.15, 0.2) is 12.4 Å². The van der Waals surface area contributed by atoms with Gasteiger partial charge in [-0.05, 0) is 25.2 Å². The van der Waals surface area contributed by atoms with Gasteiger partial charge in [0.15, 0.2) is 0 Å². The van der Waals surface area contributed by atoms with E-state index in [1.54, 1.807) is 13.3 Å². The van der Waals surface area contributed by atoms with E-state index in [4.69, 9.17) is 4.74 Å². The molecule has 2 atom stereocenters. The molecule has 4 heteroatoms. The first-order chi connectivity index (χ1) is 7.76. The van der Waals surface area contributed by atoms with Gasteiger partial charge in [0, 0.05) is 25.4 Å². The lowest BCUT2D eigenvalue weighted by Gasteiger charge is -2.19. The average Bonchev–Trinajstić information content (AvgIpc) is 2.99. The van der Waals surface area contributed by atoms with Crippen LogP contribution in [-0.4, -0.2) is 28.1 Å². The number of aliphatic hydroxyl groups is 1. The second kappa shape index (κ2) is 4.97. The van der Waals surface area contributed by atoms with Gasteiger partial charge in [0.25, 0.3) is 0 Å². The van der Waals surface area contributed by atoms with Crippen molar-refractivity contribution in [2.45, 2.75) is 44.9 Å². The van der Waals surface area contributed by atoms with Crippen LogP contribution in [0.5, 0.6) is 0 Å². The molecule has 1 heterocycles. The SMILES string of the molecule is CCCn1cc(C(O)C(OC)C2CC2)cn1. The lowest BCUT2D eigenvalue weighted by atomic mass is 10.0. The third-order valence-electron chi connectivity index (χ3n) is 3.12. The van der Waals surface area contributed by atoms with Crippen LogP contribution in [0.1, 0.15) is 37.9 Å². The smallest absolute Gasteiger partial charge is 0.108 e. The summed E-state index contributed by atoms with van der Waals surface area (Å²) in [5.41, 5.74) is 0.868. The second-order valence-electron chi connectivity index (χ2n) is 4.52. The van der Waals surface area contributed by atoms with E-state index in [0.717, 1.165) is 18.5 Å². The van der Waals surface area contributed by atoms with E-state index >= 15 is 0 Å². The predicted octanol–water partition coefficient (Wildman–Crippen LogP) is 1.75. The second-order valence-corrected chi connectivity index (χ2v) is 4.52. The molecular weight excluding hydrogens is 204 g/mol. The number of aromatic nitrogens is 2. The van der Waals surface area contributed by atoms with Crippen molar-refractivity contribution >= 4 is 0 Å².